The molecule has 19 heavy (non-hydrogen) atoms. The fourth-order valence-corrected chi connectivity index (χ4v) is 1.52. The largest absolute Gasteiger partial charge is 0.480 e. The van der Waals surface area contributed by atoms with Crippen LogP contribution in [0.5, 0.6) is 5.88 Å². The summed E-state index contributed by atoms with van der Waals surface area (Å²) in [5.41, 5.74) is 6.55. The van der Waals surface area contributed by atoms with Crippen molar-refractivity contribution in [3.63, 3.8) is 0 Å². The lowest BCUT2D eigenvalue weighted by Crippen LogP contribution is -2.18. The van der Waals surface area contributed by atoms with Crippen LogP contribution in [0.4, 0.5) is 0 Å². The van der Waals surface area contributed by atoms with E-state index in [4.69, 9.17) is 15.0 Å². The molecule has 0 aromatic carbocycles. The van der Waals surface area contributed by atoms with E-state index in [1.807, 2.05) is 6.92 Å². The number of methoxy groups -OCH3 is 1. The predicted octanol–water partition coefficient (Wildman–Crippen LogP) is 1.58. The number of hydrogen-bond donors (Lipinski definition) is 1. The molecule has 2 rings (SSSR count). The third-order valence-electron chi connectivity index (χ3n) is 3.06. The van der Waals surface area contributed by atoms with Gasteiger partial charge in [0.25, 0.3) is 0 Å². The zero-order valence-electron chi connectivity index (χ0n) is 11.2. The molecule has 0 bridgehead atoms. The quantitative estimate of drug-likeness (QED) is 0.873. The summed E-state index contributed by atoms with van der Waals surface area (Å²) in [6, 6.07) is 3.14. The van der Waals surface area contributed by atoms with Crippen LogP contribution in [0.3, 0.4) is 0 Å². The molecule has 2 atom stereocenters. The summed E-state index contributed by atoms with van der Waals surface area (Å²) >= 11 is 0. The molecule has 2 aromatic rings. The first kappa shape index (κ1) is 13.4. The van der Waals surface area contributed by atoms with E-state index in [0.29, 0.717) is 23.3 Å². The van der Waals surface area contributed by atoms with E-state index in [1.165, 1.54) is 7.11 Å². The number of nitrogens with two attached hydrogens (primary N) is 1. The minimum absolute atomic E-state index is 0.266. The summed E-state index contributed by atoms with van der Waals surface area (Å²) in [4.78, 5) is 4.26. The maximum atomic E-state index is 6.03. The van der Waals surface area contributed by atoms with Gasteiger partial charge in [0, 0.05) is 6.07 Å². The average Bonchev–Trinajstić information content (AvgIpc) is 2.95. The van der Waals surface area contributed by atoms with E-state index in [9.17, 15) is 0 Å². The van der Waals surface area contributed by atoms with Crippen LogP contribution in [0, 0.1) is 5.92 Å². The standard InChI is InChI=1S/C12H17N5O2/c1-4-7(2)10(13)12-14-11(17-19-12)8-5-6-9(18-3)16-15-8/h5-7,10H,4,13H2,1-3H3. The molecular weight excluding hydrogens is 246 g/mol. The summed E-state index contributed by atoms with van der Waals surface area (Å²) in [6.07, 6.45) is 0.946. The Bertz CT molecular complexity index is 525. The molecule has 0 aliphatic carbocycles. The predicted molar refractivity (Wildman–Crippen MR) is 68.3 cm³/mol. The van der Waals surface area contributed by atoms with Gasteiger partial charge in [0.1, 0.15) is 5.69 Å². The van der Waals surface area contributed by atoms with Crippen LogP contribution in [-0.2, 0) is 0 Å². The SMILES string of the molecule is CCC(C)C(N)c1nc(-c2ccc(OC)nn2)no1. The van der Waals surface area contributed by atoms with Gasteiger partial charge in [0.2, 0.25) is 17.6 Å². The average molecular weight is 263 g/mol. The maximum absolute atomic E-state index is 6.03. The highest BCUT2D eigenvalue weighted by Crippen LogP contribution is 2.22. The molecule has 2 N–H and O–H groups in total. The first-order valence-corrected chi connectivity index (χ1v) is 6.13. The zero-order chi connectivity index (χ0) is 13.8. The van der Waals surface area contributed by atoms with Crippen molar-refractivity contribution < 1.29 is 9.26 Å². The molecule has 2 heterocycles. The van der Waals surface area contributed by atoms with E-state index >= 15 is 0 Å². The van der Waals surface area contributed by atoms with Crippen LogP contribution in [0.1, 0.15) is 32.2 Å². The lowest BCUT2D eigenvalue weighted by Gasteiger charge is -2.12. The van der Waals surface area contributed by atoms with Crippen LogP contribution in [0.25, 0.3) is 11.5 Å². The van der Waals surface area contributed by atoms with Crippen molar-refractivity contribution in [3.05, 3.63) is 18.0 Å². The third kappa shape index (κ3) is 2.87. The third-order valence-corrected chi connectivity index (χ3v) is 3.06. The van der Waals surface area contributed by atoms with Crippen molar-refractivity contribution in [2.75, 3.05) is 7.11 Å². The number of rotatable bonds is 5. The Morgan fingerprint density at radius 1 is 1.37 bits per heavy atom. The van der Waals surface area contributed by atoms with Gasteiger partial charge in [0.15, 0.2) is 0 Å². The fourth-order valence-electron chi connectivity index (χ4n) is 1.52. The van der Waals surface area contributed by atoms with Crippen molar-refractivity contribution in [3.8, 4) is 17.4 Å². The van der Waals surface area contributed by atoms with Crippen LogP contribution in [0.2, 0.25) is 0 Å². The second-order valence-corrected chi connectivity index (χ2v) is 4.33. The van der Waals surface area contributed by atoms with Crippen molar-refractivity contribution in [1.29, 1.82) is 0 Å². The van der Waals surface area contributed by atoms with Gasteiger partial charge in [-0.15, -0.1) is 10.2 Å². The molecule has 0 spiro atoms. The van der Waals surface area contributed by atoms with Gasteiger partial charge < -0.3 is 15.0 Å². The van der Waals surface area contributed by atoms with Gasteiger partial charge in [-0.2, -0.15) is 4.98 Å². The van der Waals surface area contributed by atoms with Crippen molar-refractivity contribution in [2.45, 2.75) is 26.3 Å². The summed E-state index contributed by atoms with van der Waals surface area (Å²) in [5.74, 6) is 1.50. The number of aromatic nitrogens is 4. The Hall–Kier alpha value is -2.02. The van der Waals surface area contributed by atoms with E-state index in [-0.39, 0.29) is 12.0 Å². The Morgan fingerprint density at radius 3 is 2.74 bits per heavy atom. The van der Waals surface area contributed by atoms with Crippen LogP contribution < -0.4 is 10.5 Å². The molecule has 0 saturated carbocycles. The van der Waals surface area contributed by atoms with Gasteiger partial charge in [0.05, 0.1) is 13.2 Å². The topological polar surface area (TPSA) is 100.0 Å². The molecule has 2 aromatic heterocycles. The van der Waals surface area contributed by atoms with E-state index in [2.05, 4.69) is 27.3 Å². The lowest BCUT2D eigenvalue weighted by atomic mass is 10.0. The molecule has 102 valence electrons. The van der Waals surface area contributed by atoms with Crippen LogP contribution >= 0.6 is 0 Å². The van der Waals surface area contributed by atoms with Crippen molar-refractivity contribution in [1.82, 2.24) is 20.3 Å². The Labute approximate surface area is 111 Å². The summed E-state index contributed by atoms with van der Waals surface area (Å²) < 4.78 is 10.1. The molecule has 7 heteroatoms. The highest BCUT2D eigenvalue weighted by atomic mass is 16.5. The molecule has 0 saturated heterocycles. The molecule has 0 aliphatic rings. The monoisotopic (exact) mass is 263 g/mol. The molecular formula is C12H17N5O2. The van der Waals surface area contributed by atoms with Gasteiger partial charge in [-0.05, 0) is 12.0 Å². The van der Waals surface area contributed by atoms with Crippen LogP contribution in [-0.4, -0.2) is 27.4 Å². The second kappa shape index (κ2) is 5.75. The minimum Gasteiger partial charge on any atom is -0.480 e. The molecule has 0 fully saturated rings. The summed E-state index contributed by atoms with van der Waals surface area (Å²) in [7, 11) is 1.53. The smallest absolute Gasteiger partial charge is 0.244 e. The van der Waals surface area contributed by atoms with Crippen LogP contribution in [0.15, 0.2) is 16.7 Å². The van der Waals surface area contributed by atoms with E-state index < -0.39 is 0 Å². The summed E-state index contributed by atoms with van der Waals surface area (Å²) in [5, 5.41) is 11.7. The second-order valence-electron chi connectivity index (χ2n) is 4.33. The van der Waals surface area contributed by atoms with Crippen molar-refractivity contribution >= 4 is 0 Å². The van der Waals surface area contributed by atoms with E-state index in [1.54, 1.807) is 12.1 Å². The molecule has 7 nitrogen and oxygen atoms in total. The Morgan fingerprint density at radius 2 is 2.16 bits per heavy atom. The first-order valence-electron chi connectivity index (χ1n) is 6.13. The van der Waals surface area contributed by atoms with E-state index in [0.717, 1.165) is 6.42 Å². The Balaban J connectivity index is 2.20. The minimum atomic E-state index is -0.266. The van der Waals surface area contributed by atoms with Gasteiger partial charge in [-0.25, -0.2) is 0 Å². The molecule has 0 radical (unpaired) electrons. The first-order chi connectivity index (χ1) is 9.15. The van der Waals surface area contributed by atoms with Gasteiger partial charge in [-0.1, -0.05) is 25.4 Å². The maximum Gasteiger partial charge on any atom is 0.244 e. The molecule has 0 aliphatic heterocycles. The normalized spacial score (nSPS) is 14.1. The highest BCUT2D eigenvalue weighted by Gasteiger charge is 2.21. The van der Waals surface area contributed by atoms with Gasteiger partial charge >= 0.3 is 0 Å². The zero-order valence-corrected chi connectivity index (χ0v) is 11.2. The van der Waals surface area contributed by atoms with Gasteiger partial charge in [-0.3, -0.25) is 0 Å². The number of nitrogens with zero attached hydrogens (tertiary/aromatic N) is 4. The fraction of sp³-hybridized carbons (Fsp3) is 0.500. The Kier molecular flexibility index (Phi) is 4.06. The summed E-state index contributed by atoms with van der Waals surface area (Å²) in [6.45, 7) is 4.11. The molecule has 2 unspecified atom stereocenters. The molecule has 0 amide bonds. The number of hydrogen-bond acceptors (Lipinski definition) is 7. The highest BCUT2D eigenvalue weighted by molar-refractivity contribution is 5.47. The van der Waals surface area contributed by atoms with Crippen molar-refractivity contribution in [2.24, 2.45) is 11.7 Å². The number of ether oxygens (including phenoxy) is 1. The lowest BCUT2D eigenvalue weighted by molar-refractivity contribution is 0.312.